The van der Waals surface area contributed by atoms with E-state index in [1.807, 2.05) is 24.0 Å². The predicted octanol–water partition coefficient (Wildman–Crippen LogP) is 1.25. The molecule has 1 rings (SSSR count). The fourth-order valence-electron chi connectivity index (χ4n) is 1.39. The van der Waals surface area contributed by atoms with E-state index < -0.39 is 0 Å². The maximum Gasteiger partial charge on any atom is 0.0637 e. The lowest BCUT2D eigenvalue weighted by atomic mass is 10.2. The van der Waals surface area contributed by atoms with Gasteiger partial charge in [0.05, 0.1) is 11.8 Å². The number of aromatic nitrogens is 2. The van der Waals surface area contributed by atoms with Crippen molar-refractivity contribution < 1.29 is 0 Å². The Morgan fingerprint density at radius 2 is 2.33 bits per heavy atom. The summed E-state index contributed by atoms with van der Waals surface area (Å²) in [7, 11) is 1.93. The summed E-state index contributed by atoms with van der Waals surface area (Å²) in [5.41, 5.74) is 1.13. The summed E-state index contributed by atoms with van der Waals surface area (Å²) in [5, 5.41) is 16.0. The van der Waals surface area contributed by atoms with Gasteiger partial charge in [-0.2, -0.15) is 10.4 Å². The molecular weight excluding hydrogens is 188 g/mol. The highest BCUT2D eigenvalue weighted by Gasteiger charge is 1.95. The van der Waals surface area contributed by atoms with Gasteiger partial charge in [-0.3, -0.25) is 4.68 Å². The van der Waals surface area contributed by atoms with E-state index in [2.05, 4.69) is 16.5 Å². The number of hydrogen-bond acceptors (Lipinski definition) is 3. The summed E-state index contributed by atoms with van der Waals surface area (Å²) < 4.78 is 1.82. The minimum atomic E-state index is 0.669. The van der Waals surface area contributed by atoms with Gasteiger partial charge in [0.2, 0.25) is 0 Å². The lowest BCUT2D eigenvalue weighted by Gasteiger charge is -2.01. The van der Waals surface area contributed by atoms with Gasteiger partial charge in [0.1, 0.15) is 0 Å². The Bertz CT molecular complexity index is 311. The monoisotopic (exact) mass is 206 g/mol. The molecule has 0 radical (unpaired) electrons. The van der Waals surface area contributed by atoms with E-state index >= 15 is 0 Å². The van der Waals surface area contributed by atoms with Crippen molar-refractivity contribution in [2.75, 3.05) is 13.1 Å². The molecular formula is C11H18N4. The van der Waals surface area contributed by atoms with E-state index in [4.69, 9.17) is 5.26 Å². The topological polar surface area (TPSA) is 53.6 Å². The smallest absolute Gasteiger partial charge is 0.0637 e. The third kappa shape index (κ3) is 5.18. The number of aryl methyl sites for hydroxylation is 1. The molecule has 0 saturated heterocycles. The van der Waals surface area contributed by atoms with Crippen LogP contribution in [0.3, 0.4) is 0 Å². The average Bonchev–Trinajstić information content (AvgIpc) is 2.63. The molecule has 82 valence electrons. The van der Waals surface area contributed by atoms with Crippen LogP contribution in [0.5, 0.6) is 0 Å². The molecule has 0 aromatic carbocycles. The van der Waals surface area contributed by atoms with Crippen LogP contribution in [-0.4, -0.2) is 22.9 Å². The molecule has 0 atom stereocenters. The molecule has 0 aliphatic carbocycles. The van der Waals surface area contributed by atoms with Crippen LogP contribution in [0.1, 0.15) is 25.0 Å². The van der Waals surface area contributed by atoms with Gasteiger partial charge in [0.15, 0.2) is 0 Å². The molecule has 4 heteroatoms. The number of rotatable bonds is 7. The van der Waals surface area contributed by atoms with Gasteiger partial charge >= 0.3 is 0 Å². The molecule has 1 aromatic heterocycles. The van der Waals surface area contributed by atoms with Gasteiger partial charge in [0, 0.05) is 32.6 Å². The van der Waals surface area contributed by atoms with Crippen LogP contribution in [0.25, 0.3) is 0 Å². The van der Waals surface area contributed by atoms with Crippen LogP contribution in [-0.2, 0) is 13.5 Å². The van der Waals surface area contributed by atoms with Gasteiger partial charge in [-0.1, -0.05) is 0 Å². The molecule has 0 saturated carbocycles. The Balaban J connectivity index is 1.96. The second kappa shape index (κ2) is 7.02. The standard InChI is InChI=1S/C11H18N4/c1-15-10-6-11(14-15)5-9-13-8-4-2-3-7-12/h6,10,13H,2-5,8-9H2,1H3. The Hall–Kier alpha value is -1.34. The highest BCUT2D eigenvalue weighted by atomic mass is 15.2. The molecule has 4 nitrogen and oxygen atoms in total. The number of hydrogen-bond donors (Lipinski definition) is 1. The predicted molar refractivity (Wildman–Crippen MR) is 59.2 cm³/mol. The number of nitriles is 1. The second-order valence-electron chi connectivity index (χ2n) is 3.60. The maximum absolute atomic E-state index is 8.34. The number of unbranched alkanes of at least 4 members (excludes halogenated alkanes) is 2. The van der Waals surface area contributed by atoms with E-state index in [9.17, 15) is 0 Å². The zero-order chi connectivity index (χ0) is 10.9. The van der Waals surface area contributed by atoms with Crippen molar-refractivity contribution >= 4 is 0 Å². The zero-order valence-corrected chi connectivity index (χ0v) is 9.24. The van der Waals surface area contributed by atoms with E-state index in [0.717, 1.165) is 38.0 Å². The minimum Gasteiger partial charge on any atom is -0.316 e. The average molecular weight is 206 g/mol. The van der Waals surface area contributed by atoms with Crippen molar-refractivity contribution in [1.82, 2.24) is 15.1 Å². The number of nitrogens with one attached hydrogen (secondary N) is 1. The summed E-state index contributed by atoms with van der Waals surface area (Å²) in [6, 6.07) is 4.19. The van der Waals surface area contributed by atoms with Crippen LogP contribution in [0, 0.1) is 11.3 Å². The van der Waals surface area contributed by atoms with Crippen molar-refractivity contribution in [1.29, 1.82) is 5.26 Å². The summed E-state index contributed by atoms with van der Waals surface area (Å²) in [5.74, 6) is 0. The molecule has 15 heavy (non-hydrogen) atoms. The quantitative estimate of drug-likeness (QED) is 0.683. The van der Waals surface area contributed by atoms with Crippen molar-refractivity contribution in [2.24, 2.45) is 7.05 Å². The molecule has 0 aliphatic rings. The zero-order valence-electron chi connectivity index (χ0n) is 9.24. The van der Waals surface area contributed by atoms with Crippen LogP contribution in [0.15, 0.2) is 12.3 Å². The molecule has 0 unspecified atom stereocenters. The van der Waals surface area contributed by atoms with Crippen LogP contribution in [0.4, 0.5) is 0 Å². The molecule has 1 N–H and O–H groups in total. The third-order valence-electron chi connectivity index (χ3n) is 2.22. The normalized spacial score (nSPS) is 10.1. The van der Waals surface area contributed by atoms with Crippen LogP contribution < -0.4 is 5.32 Å². The fraction of sp³-hybridized carbons (Fsp3) is 0.636. The van der Waals surface area contributed by atoms with Crippen LogP contribution >= 0.6 is 0 Å². The third-order valence-corrected chi connectivity index (χ3v) is 2.22. The van der Waals surface area contributed by atoms with Gasteiger partial charge in [-0.15, -0.1) is 0 Å². The molecule has 0 amide bonds. The second-order valence-corrected chi connectivity index (χ2v) is 3.60. The van der Waals surface area contributed by atoms with Gasteiger partial charge in [-0.05, 0) is 25.5 Å². The Labute approximate surface area is 90.9 Å². The van der Waals surface area contributed by atoms with Gasteiger partial charge in [-0.25, -0.2) is 0 Å². The van der Waals surface area contributed by atoms with Gasteiger partial charge in [0.25, 0.3) is 0 Å². The minimum absolute atomic E-state index is 0.669. The highest BCUT2D eigenvalue weighted by molar-refractivity contribution is 4.98. The van der Waals surface area contributed by atoms with Crippen LogP contribution in [0.2, 0.25) is 0 Å². The SMILES string of the molecule is Cn1ccc(CCNCCCCC#N)n1. The lowest BCUT2D eigenvalue weighted by molar-refractivity contribution is 0.620. The van der Waals surface area contributed by atoms with Gasteiger partial charge < -0.3 is 5.32 Å². The molecule has 1 heterocycles. The summed E-state index contributed by atoms with van der Waals surface area (Å²) in [4.78, 5) is 0. The van der Waals surface area contributed by atoms with Crippen molar-refractivity contribution in [3.05, 3.63) is 18.0 Å². The maximum atomic E-state index is 8.34. The Morgan fingerprint density at radius 1 is 1.47 bits per heavy atom. The largest absolute Gasteiger partial charge is 0.316 e. The van der Waals surface area contributed by atoms with E-state index in [0.29, 0.717) is 6.42 Å². The van der Waals surface area contributed by atoms with Crippen molar-refractivity contribution in [2.45, 2.75) is 25.7 Å². The lowest BCUT2D eigenvalue weighted by Crippen LogP contribution is -2.18. The molecule has 0 fully saturated rings. The van der Waals surface area contributed by atoms with E-state index in [1.54, 1.807) is 0 Å². The fourth-order valence-corrected chi connectivity index (χ4v) is 1.39. The first-order valence-electron chi connectivity index (χ1n) is 5.39. The molecule has 0 bridgehead atoms. The first kappa shape index (κ1) is 11.7. The summed E-state index contributed by atoms with van der Waals surface area (Å²) >= 11 is 0. The molecule has 0 aliphatic heterocycles. The first-order chi connectivity index (χ1) is 7.33. The van der Waals surface area contributed by atoms with E-state index in [1.165, 1.54) is 0 Å². The molecule has 1 aromatic rings. The summed E-state index contributed by atoms with van der Waals surface area (Å²) in [6.07, 6.45) is 5.67. The highest BCUT2D eigenvalue weighted by Crippen LogP contribution is 1.95. The van der Waals surface area contributed by atoms with E-state index in [-0.39, 0.29) is 0 Å². The van der Waals surface area contributed by atoms with Crippen molar-refractivity contribution in [3.63, 3.8) is 0 Å². The van der Waals surface area contributed by atoms with Crippen molar-refractivity contribution in [3.8, 4) is 6.07 Å². The first-order valence-corrected chi connectivity index (χ1v) is 5.39. The summed E-state index contributed by atoms with van der Waals surface area (Å²) in [6.45, 7) is 1.96. The molecule has 0 spiro atoms. The Kier molecular flexibility index (Phi) is 5.49. The Morgan fingerprint density at radius 3 is 3.00 bits per heavy atom. The number of nitrogens with zero attached hydrogens (tertiary/aromatic N) is 3.